The molecule has 0 aliphatic heterocycles. The van der Waals surface area contributed by atoms with Crippen LogP contribution < -0.4 is 5.32 Å². The number of aromatic hydroxyl groups is 1. The second-order valence-corrected chi connectivity index (χ2v) is 4.18. The third-order valence-electron chi connectivity index (χ3n) is 1.80. The monoisotopic (exact) mass is 279 g/mol. The lowest BCUT2D eigenvalue weighted by molar-refractivity contribution is 0.173. The molecule has 0 aliphatic carbocycles. The summed E-state index contributed by atoms with van der Waals surface area (Å²) in [5, 5.41) is 22.5. The van der Waals surface area contributed by atoms with E-state index in [1.165, 1.54) is 6.07 Å². The zero-order chi connectivity index (χ0) is 10.7. The van der Waals surface area contributed by atoms with E-state index in [0.717, 1.165) is 0 Å². The number of phenols is 1. The van der Waals surface area contributed by atoms with Gasteiger partial charge in [-0.1, -0.05) is 27.5 Å². The molecule has 0 spiro atoms. The van der Waals surface area contributed by atoms with Crippen molar-refractivity contribution in [1.82, 2.24) is 5.32 Å². The summed E-state index contributed by atoms with van der Waals surface area (Å²) in [6, 6.07) is 3.04. The molecule has 0 saturated carbocycles. The van der Waals surface area contributed by atoms with Gasteiger partial charge in [-0.05, 0) is 19.2 Å². The molecule has 0 heterocycles. The van der Waals surface area contributed by atoms with Gasteiger partial charge < -0.3 is 15.5 Å². The average Bonchev–Trinajstić information content (AvgIpc) is 2.01. The number of phenolic OH excluding ortho intramolecular Hbond substituents is 1. The Morgan fingerprint density at radius 1 is 1.57 bits per heavy atom. The molecule has 1 rings (SSSR count). The van der Waals surface area contributed by atoms with Crippen molar-refractivity contribution in [2.75, 3.05) is 13.6 Å². The van der Waals surface area contributed by atoms with Crippen LogP contribution in [0.4, 0.5) is 0 Å². The molecule has 0 saturated heterocycles. The minimum atomic E-state index is -0.758. The van der Waals surface area contributed by atoms with Gasteiger partial charge in [0.15, 0.2) is 0 Å². The quantitative estimate of drug-likeness (QED) is 0.794. The average molecular weight is 281 g/mol. The molecule has 5 heteroatoms. The van der Waals surface area contributed by atoms with Gasteiger partial charge in [0.25, 0.3) is 0 Å². The van der Waals surface area contributed by atoms with Gasteiger partial charge in [-0.2, -0.15) is 0 Å². The maximum Gasteiger partial charge on any atom is 0.124 e. The van der Waals surface area contributed by atoms with E-state index in [9.17, 15) is 10.2 Å². The predicted octanol–water partition coefficient (Wildman–Crippen LogP) is 2.06. The maximum atomic E-state index is 9.68. The molecular weight excluding hydrogens is 269 g/mol. The fourth-order valence-electron chi connectivity index (χ4n) is 1.20. The summed E-state index contributed by atoms with van der Waals surface area (Å²) >= 11 is 8.95. The molecular formula is C9H11BrClNO2. The maximum absolute atomic E-state index is 9.68. The van der Waals surface area contributed by atoms with Gasteiger partial charge in [0.1, 0.15) is 5.75 Å². The number of nitrogens with one attached hydrogen (secondary N) is 1. The lowest BCUT2D eigenvalue weighted by atomic mass is 10.1. The van der Waals surface area contributed by atoms with Crippen molar-refractivity contribution < 1.29 is 10.2 Å². The lowest BCUT2D eigenvalue weighted by Crippen LogP contribution is -2.17. The number of aliphatic hydroxyl groups is 1. The van der Waals surface area contributed by atoms with E-state index >= 15 is 0 Å². The normalized spacial score (nSPS) is 12.9. The first-order valence-corrected chi connectivity index (χ1v) is 5.24. The van der Waals surface area contributed by atoms with Gasteiger partial charge in [0, 0.05) is 21.6 Å². The Morgan fingerprint density at radius 3 is 2.71 bits per heavy atom. The molecule has 1 aromatic carbocycles. The summed E-state index contributed by atoms with van der Waals surface area (Å²) in [7, 11) is 1.73. The minimum absolute atomic E-state index is 0.00729. The Kier molecular flexibility index (Phi) is 4.19. The van der Waals surface area contributed by atoms with E-state index in [1.54, 1.807) is 13.1 Å². The Morgan fingerprint density at radius 2 is 2.21 bits per heavy atom. The van der Waals surface area contributed by atoms with Crippen molar-refractivity contribution in [3.05, 3.63) is 27.2 Å². The largest absolute Gasteiger partial charge is 0.507 e. The van der Waals surface area contributed by atoms with E-state index < -0.39 is 6.10 Å². The molecule has 0 fully saturated rings. The number of likely N-dealkylation sites (N-methyl/N-ethyl adjacent to an activating group) is 1. The number of hydrogen-bond donors (Lipinski definition) is 3. The molecule has 0 radical (unpaired) electrons. The first-order valence-electron chi connectivity index (χ1n) is 4.06. The van der Waals surface area contributed by atoms with Gasteiger partial charge in [-0.3, -0.25) is 0 Å². The summed E-state index contributed by atoms with van der Waals surface area (Å²) in [6.07, 6.45) is -0.758. The molecule has 3 N–H and O–H groups in total. The number of halogens is 2. The second-order valence-electron chi connectivity index (χ2n) is 2.89. The van der Waals surface area contributed by atoms with Crippen LogP contribution in [0.15, 0.2) is 16.6 Å². The fraction of sp³-hybridized carbons (Fsp3) is 0.333. The highest BCUT2D eigenvalue weighted by atomic mass is 79.9. The first kappa shape index (κ1) is 11.8. The number of hydrogen-bond acceptors (Lipinski definition) is 3. The smallest absolute Gasteiger partial charge is 0.124 e. The van der Waals surface area contributed by atoms with Crippen molar-refractivity contribution in [1.29, 1.82) is 0 Å². The molecule has 0 aromatic heterocycles. The molecule has 1 unspecified atom stereocenters. The Labute approximate surface area is 95.8 Å². The third kappa shape index (κ3) is 2.60. The number of rotatable bonds is 3. The van der Waals surface area contributed by atoms with Crippen LogP contribution in [0.5, 0.6) is 5.75 Å². The number of aliphatic hydroxyl groups excluding tert-OH is 1. The van der Waals surface area contributed by atoms with Crippen LogP contribution >= 0.6 is 27.5 Å². The predicted molar refractivity (Wildman–Crippen MR) is 59.7 cm³/mol. The molecule has 14 heavy (non-hydrogen) atoms. The van der Waals surface area contributed by atoms with Gasteiger partial charge in [0.05, 0.1) is 6.10 Å². The zero-order valence-corrected chi connectivity index (χ0v) is 9.93. The Balaban J connectivity index is 3.07. The highest BCUT2D eigenvalue weighted by Crippen LogP contribution is 2.34. The summed E-state index contributed by atoms with van der Waals surface area (Å²) in [5.74, 6) is -0.00729. The van der Waals surface area contributed by atoms with Crippen molar-refractivity contribution in [2.24, 2.45) is 0 Å². The third-order valence-corrected chi connectivity index (χ3v) is 2.68. The van der Waals surface area contributed by atoms with Crippen LogP contribution in [-0.2, 0) is 0 Å². The molecule has 0 amide bonds. The van der Waals surface area contributed by atoms with Crippen molar-refractivity contribution in [2.45, 2.75) is 6.10 Å². The van der Waals surface area contributed by atoms with Crippen LogP contribution in [0.2, 0.25) is 5.02 Å². The second kappa shape index (κ2) is 4.98. The van der Waals surface area contributed by atoms with Crippen molar-refractivity contribution >= 4 is 27.5 Å². The minimum Gasteiger partial charge on any atom is -0.507 e. The van der Waals surface area contributed by atoms with Gasteiger partial charge in [-0.25, -0.2) is 0 Å². The van der Waals surface area contributed by atoms with Crippen molar-refractivity contribution in [3.63, 3.8) is 0 Å². The highest BCUT2D eigenvalue weighted by molar-refractivity contribution is 9.10. The first-order chi connectivity index (χ1) is 6.56. The van der Waals surface area contributed by atoms with E-state index in [-0.39, 0.29) is 5.75 Å². The molecule has 0 aliphatic rings. The summed E-state index contributed by atoms with van der Waals surface area (Å²) in [4.78, 5) is 0. The van der Waals surface area contributed by atoms with Crippen molar-refractivity contribution in [3.8, 4) is 5.75 Å². The standard InChI is InChI=1S/C9H11BrClNO2/c1-12-4-8(14)9-6(10)2-5(11)3-7(9)13/h2-3,8,12-14H,4H2,1H3. The summed E-state index contributed by atoms with van der Waals surface area (Å²) < 4.78 is 0.602. The topological polar surface area (TPSA) is 52.5 Å². The molecule has 1 aromatic rings. The molecule has 78 valence electrons. The van der Waals surface area contributed by atoms with E-state index in [0.29, 0.717) is 21.6 Å². The fourth-order valence-corrected chi connectivity index (χ4v) is 2.25. The SMILES string of the molecule is CNCC(O)c1c(O)cc(Cl)cc1Br. The van der Waals surface area contributed by atoms with Crippen LogP contribution in [0, 0.1) is 0 Å². The van der Waals surface area contributed by atoms with E-state index in [1.807, 2.05) is 0 Å². The Hall–Kier alpha value is -0.290. The van der Waals surface area contributed by atoms with Crippen LogP contribution in [-0.4, -0.2) is 23.8 Å². The Bertz CT molecular complexity index is 310. The van der Waals surface area contributed by atoms with Crippen LogP contribution in [0.3, 0.4) is 0 Å². The molecule has 1 atom stereocenters. The van der Waals surface area contributed by atoms with Crippen LogP contribution in [0.1, 0.15) is 11.7 Å². The van der Waals surface area contributed by atoms with Gasteiger partial charge >= 0.3 is 0 Å². The van der Waals surface area contributed by atoms with E-state index in [4.69, 9.17) is 11.6 Å². The highest BCUT2D eigenvalue weighted by Gasteiger charge is 2.15. The van der Waals surface area contributed by atoms with E-state index in [2.05, 4.69) is 21.2 Å². The molecule has 0 bridgehead atoms. The number of benzene rings is 1. The summed E-state index contributed by atoms with van der Waals surface area (Å²) in [5.41, 5.74) is 0.448. The zero-order valence-electron chi connectivity index (χ0n) is 7.59. The van der Waals surface area contributed by atoms with Gasteiger partial charge in [0.2, 0.25) is 0 Å². The van der Waals surface area contributed by atoms with Gasteiger partial charge in [-0.15, -0.1) is 0 Å². The lowest BCUT2D eigenvalue weighted by Gasteiger charge is -2.14. The summed E-state index contributed by atoms with van der Waals surface area (Å²) in [6.45, 7) is 0.369. The van der Waals surface area contributed by atoms with Crippen LogP contribution in [0.25, 0.3) is 0 Å². The molecule has 3 nitrogen and oxygen atoms in total.